The topological polar surface area (TPSA) is 49.5 Å². The first-order valence-corrected chi connectivity index (χ1v) is 8.68. The molecule has 0 amide bonds. The van der Waals surface area contributed by atoms with E-state index in [1.165, 1.54) is 25.7 Å². The van der Waals surface area contributed by atoms with Crippen LogP contribution in [0.15, 0.2) is 0 Å². The maximum absolute atomic E-state index is 10.2. The van der Waals surface area contributed by atoms with Gasteiger partial charge in [-0.3, -0.25) is 4.90 Å². The van der Waals surface area contributed by atoms with Gasteiger partial charge < -0.3 is 10.8 Å². The molecule has 0 aromatic rings. The second-order valence-electron chi connectivity index (χ2n) is 7.53. The Morgan fingerprint density at radius 3 is 2.45 bits per heavy atom. The van der Waals surface area contributed by atoms with Crippen LogP contribution >= 0.6 is 0 Å². The van der Waals surface area contributed by atoms with E-state index in [2.05, 4.69) is 25.7 Å². The van der Waals surface area contributed by atoms with Crippen molar-refractivity contribution >= 4 is 0 Å². The van der Waals surface area contributed by atoms with E-state index in [1.807, 2.05) is 0 Å². The molecule has 1 saturated carbocycles. The summed E-state index contributed by atoms with van der Waals surface area (Å²) in [7, 11) is 0. The monoisotopic (exact) mass is 282 g/mol. The smallest absolute Gasteiger partial charge is 0.0566 e. The fraction of sp³-hybridized carbons (Fsp3) is 1.00. The lowest BCUT2D eigenvalue weighted by Gasteiger charge is -2.46. The first-order valence-electron chi connectivity index (χ1n) is 8.68. The molecule has 1 aliphatic carbocycles. The third-order valence-electron chi connectivity index (χ3n) is 5.52. The van der Waals surface area contributed by atoms with Gasteiger partial charge >= 0.3 is 0 Å². The largest absolute Gasteiger partial charge is 0.393 e. The Balaban J connectivity index is 1.92. The minimum Gasteiger partial charge on any atom is -0.393 e. The molecule has 4 unspecified atom stereocenters. The van der Waals surface area contributed by atoms with Crippen LogP contribution in [0.3, 0.4) is 0 Å². The Labute approximate surface area is 124 Å². The summed E-state index contributed by atoms with van der Waals surface area (Å²) in [5, 5.41) is 10.2. The van der Waals surface area contributed by atoms with E-state index in [-0.39, 0.29) is 6.10 Å². The molecule has 0 spiro atoms. The highest BCUT2D eigenvalue weighted by Crippen LogP contribution is 2.36. The average molecular weight is 282 g/mol. The third kappa shape index (κ3) is 3.96. The molecule has 0 aromatic heterocycles. The van der Waals surface area contributed by atoms with Crippen LogP contribution in [0.25, 0.3) is 0 Å². The van der Waals surface area contributed by atoms with Gasteiger partial charge in [0.15, 0.2) is 0 Å². The number of aliphatic hydroxyl groups excluding tert-OH is 1. The molecule has 1 aliphatic heterocycles. The SMILES string of the molecule is CCC(C1CCC1)N1CC(N)CC(CC(O)C(C)C)C1. The lowest BCUT2D eigenvalue weighted by Crippen LogP contribution is -2.54. The molecule has 2 aliphatic rings. The molecule has 118 valence electrons. The predicted molar refractivity (Wildman–Crippen MR) is 84.5 cm³/mol. The fourth-order valence-electron chi connectivity index (χ4n) is 4.05. The van der Waals surface area contributed by atoms with E-state index < -0.39 is 0 Å². The van der Waals surface area contributed by atoms with Crippen molar-refractivity contribution in [2.75, 3.05) is 13.1 Å². The lowest BCUT2D eigenvalue weighted by atomic mass is 9.76. The number of piperidine rings is 1. The number of nitrogens with zero attached hydrogens (tertiary/aromatic N) is 1. The second kappa shape index (κ2) is 7.24. The first kappa shape index (κ1) is 16.3. The molecule has 3 N–H and O–H groups in total. The van der Waals surface area contributed by atoms with Crippen LogP contribution in [-0.2, 0) is 0 Å². The first-order chi connectivity index (χ1) is 9.51. The fourth-order valence-corrected chi connectivity index (χ4v) is 4.05. The summed E-state index contributed by atoms with van der Waals surface area (Å²) in [5.41, 5.74) is 6.30. The molecule has 4 atom stereocenters. The number of hydrogen-bond donors (Lipinski definition) is 2. The van der Waals surface area contributed by atoms with E-state index >= 15 is 0 Å². The van der Waals surface area contributed by atoms with Crippen LogP contribution in [0.4, 0.5) is 0 Å². The Morgan fingerprint density at radius 1 is 1.25 bits per heavy atom. The highest BCUT2D eigenvalue weighted by molar-refractivity contribution is 4.90. The Kier molecular flexibility index (Phi) is 5.88. The molecule has 0 aromatic carbocycles. The highest BCUT2D eigenvalue weighted by Gasteiger charge is 2.35. The number of rotatable bonds is 6. The van der Waals surface area contributed by atoms with E-state index in [0.717, 1.165) is 37.9 Å². The summed E-state index contributed by atoms with van der Waals surface area (Å²) >= 11 is 0. The van der Waals surface area contributed by atoms with E-state index in [9.17, 15) is 5.11 Å². The molecule has 3 nitrogen and oxygen atoms in total. The molecular weight excluding hydrogens is 248 g/mol. The van der Waals surface area contributed by atoms with Gasteiger partial charge in [0.1, 0.15) is 0 Å². The zero-order valence-electron chi connectivity index (χ0n) is 13.6. The van der Waals surface area contributed by atoms with Crippen LogP contribution in [0.2, 0.25) is 0 Å². The summed E-state index contributed by atoms with van der Waals surface area (Å²) in [6.45, 7) is 8.74. The molecule has 2 rings (SSSR count). The van der Waals surface area contributed by atoms with Crippen LogP contribution in [-0.4, -0.2) is 41.3 Å². The van der Waals surface area contributed by atoms with Gasteiger partial charge in [-0.15, -0.1) is 0 Å². The van der Waals surface area contributed by atoms with E-state index in [1.54, 1.807) is 0 Å². The van der Waals surface area contributed by atoms with Crippen molar-refractivity contribution in [3.63, 3.8) is 0 Å². The van der Waals surface area contributed by atoms with Crippen LogP contribution in [0.5, 0.6) is 0 Å². The van der Waals surface area contributed by atoms with Gasteiger partial charge in [-0.25, -0.2) is 0 Å². The van der Waals surface area contributed by atoms with Gasteiger partial charge in [0, 0.05) is 25.2 Å². The van der Waals surface area contributed by atoms with Gasteiger partial charge in [0.05, 0.1) is 6.10 Å². The normalized spacial score (nSPS) is 32.1. The number of hydrogen-bond acceptors (Lipinski definition) is 3. The van der Waals surface area contributed by atoms with Gasteiger partial charge in [0.25, 0.3) is 0 Å². The molecule has 20 heavy (non-hydrogen) atoms. The zero-order valence-corrected chi connectivity index (χ0v) is 13.6. The maximum atomic E-state index is 10.2. The summed E-state index contributed by atoms with van der Waals surface area (Å²) in [4.78, 5) is 2.65. The Hall–Kier alpha value is -0.120. The summed E-state index contributed by atoms with van der Waals surface area (Å²) < 4.78 is 0. The molecule has 3 heteroatoms. The van der Waals surface area contributed by atoms with E-state index in [0.29, 0.717) is 17.9 Å². The number of nitrogens with two attached hydrogens (primary N) is 1. The zero-order chi connectivity index (χ0) is 14.7. The molecule has 1 heterocycles. The van der Waals surface area contributed by atoms with Crippen molar-refractivity contribution in [3.05, 3.63) is 0 Å². The van der Waals surface area contributed by atoms with Gasteiger partial charge in [-0.2, -0.15) is 0 Å². The number of likely N-dealkylation sites (tertiary alicyclic amines) is 1. The standard InChI is InChI=1S/C17H34N2O/c1-4-16(14-6-5-7-14)19-10-13(8-15(18)11-19)9-17(20)12(2)3/h12-17,20H,4-11,18H2,1-3H3. The van der Waals surface area contributed by atoms with Gasteiger partial charge in [-0.05, 0) is 49.9 Å². The Morgan fingerprint density at radius 2 is 1.95 bits per heavy atom. The summed E-state index contributed by atoms with van der Waals surface area (Å²) in [6.07, 6.45) is 7.31. The van der Waals surface area contributed by atoms with Crippen molar-refractivity contribution in [3.8, 4) is 0 Å². The average Bonchev–Trinajstić information content (AvgIpc) is 2.32. The third-order valence-corrected chi connectivity index (χ3v) is 5.52. The van der Waals surface area contributed by atoms with Crippen molar-refractivity contribution in [2.24, 2.45) is 23.5 Å². The van der Waals surface area contributed by atoms with E-state index in [4.69, 9.17) is 5.73 Å². The molecule has 2 fully saturated rings. The van der Waals surface area contributed by atoms with Crippen molar-refractivity contribution in [1.29, 1.82) is 0 Å². The molecular formula is C17H34N2O. The maximum Gasteiger partial charge on any atom is 0.0566 e. The minimum absolute atomic E-state index is 0.170. The minimum atomic E-state index is -0.170. The highest BCUT2D eigenvalue weighted by atomic mass is 16.3. The van der Waals surface area contributed by atoms with Crippen molar-refractivity contribution in [1.82, 2.24) is 4.90 Å². The molecule has 0 bridgehead atoms. The lowest BCUT2D eigenvalue weighted by molar-refractivity contribution is 0.0229. The predicted octanol–water partition coefficient (Wildman–Crippen LogP) is 2.62. The molecule has 0 radical (unpaired) electrons. The van der Waals surface area contributed by atoms with Crippen molar-refractivity contribution < 1.29 is 5.11 Å². The summed E-state index contributed by atoms with van der Waals surface area (Å²) in [5.74, 6) is 1.83. The van der Waals surface area contributed by atoms with Gasteiger partial charge in [-0.1, -0.05) is 27.2 Å². The van der Waals surface area contributed by atoms with Crippen LogP contribution in [0, 0.1) is 17.8 Å². The van der Waals surface area contributed by atoms with Crippen molar-refractivity contribution in [2.45, 2.75) is 77.5 Å². The van der Waals surface area contributed by atoms with Crippen LogP contribution in [0.1, 0.15) is 59.3 Å². The second-order valence-corrected chi connectivity index (χ2v) is 7.53. The molecule has 1 saturated heterocycles. The summed E-state index contributed by atoms with van der Waals surface area (Å²) in [6, 6.07) is 1.02. The number of aliphatic hydroxyl groups is 1. The quantitative estimate of drug-likeness (QED) is 0.787. The van der Waals surface area contributed by atoms with Crippen LogP contribution < -0.4 is 5.73 Å². The van der Waals surface area contributed by atoms with Gasteiger partial charge in [0.2, 0.25) is 0 Å². The Bertz CT molecular complexity index is 291.